The van der Waals surface area contributed by atoms with E-state index in [4.69, 9.17) is 18.9 Å². The highest BCUT2D eigenvalue weighted by molar-refractivity contribution is 8.03. The largest absolute Gasteiger partial charge is 0.511 e. The van der Waals surface area contributed by atoms with Gasteiger partial charge in [-0.15, -0.1) is 11.8 Å². The number of thioether (sulfide) groups is 1. The van der Waals surface area contributed by atoms with E-state index in [-0.39, 0.29) is 40.8 Å². The SMILES string of the molecule is CC(=O)O[C@H](C)C1C(=O)N2C(C(=O)OCOC(=O)OC3CCCCC3)=C(SC3CNC(=O)C3)[C@H](C)C12. The van der Waals surface area contributed by atoms with E-state index in [0.29, 0.717) is 17.9 Å². The molecule has 3 unspecified atom stereocenters. The van der Waals surface area contributed by atoms with Crippen LogP contribution in [0.15, 0.2) is 10.6 Å². The van der Waals surface area contributed by atoms with Crippen molar-refractivity contribution in [1.82, 2.24) is 10.2 Å². The summed E-state index contributed by atoms with van der Waals surface area (Å²) < 4.78 is 20.7. The molecule has 1 saturated carbocycles. The summed E-state index contributed by atoms with van der Waals surface area (Å²) in [5.41, 5.74) is 0.0809. The molecule has 0 bridgehead atoms. The lowest BCUT2D eigenvalue weighted by atomic mass is 9.79. The Morgan fingerprint density at radius 1 is 1.14 bits per heavy atom. The minimum Gasteiger partial charge on any atom is -0.462 e. The van der Waals surface area contributed by atoms with Gasteiger partial charge in [-0.25, -0.2) is 9.59 Å². The quantitative estimate of drug-likeness (QED) is 0.218. The predicted molar refractivity (Wildman–Crippen MR) is 126 cm³/mol. The molecule has 12 heteroatoms. The van der Waals surface area contributed by atoms with Crippen molar-refractivity contribution in [2.75, 3.05) is 13.3 Å². The lowest BCUT2D eigenvalue weighted by Gasteiger charge is -2.47. The first-order valence-corrected chi connectivity index (χ1v) is 13.2. The van der Waals surface area contributed by atoms with E-state index in [1.165, 1.54) is 23.6 Å². The van der Waals surface area contributed by atoms with E-state index >= 15 is 0 Å². The molecule has 3 fully saturated rings. The Balaban J connectivity index is 1.43. The molecule has 5 atom stereocenters. The number of hydrogen-bond acceptors (Lipinski definition) is 10. The summed E-state index contributed by atoms with van der Waals surface area (Å²) in [6.07, 6.45) is 3.20. The minimum absolute atomic E-state index is 0.0755. The molecule has 2 saturated heterocycles. The van der Waals surface area contributed by atoms with Gasteiger partial charge in [-0.3, -0.25) is 14.4 Å². The standard InChI is InChI=1S/C24H32N2O9S/c1-12-19-18(13(2)34-14(3)27)22(29)26(19)20(21(12)36-16-9-17(28)25-10-16)23(30)32-11-33-24(31)35-15-7-5-4-6-8-15/h12-13,15-16,18-19H,4-11H2,1-3H3,(H,25,28)/t12-,13-,16?,18?,19?/m1/s1. The van der Waals surface area contributed by atoms with Crippen LogP contribution in [0.1, 0.15) is 59.3 Å². The molecule has 0 aromatic carbocycles. The van der Waals surface area contributed by atoms with Crippen LogP contribution in [0, 0.1) is 11.8 Å². The fraction of sp³-hybridized carbons (Fsp3) is 0.708. The van der Waals surface area contributed by atoms with Gasteiger partial charge in [0.1, 0.15) is 17.9 Å². The Morgan fingerprint density at radius 2 is 1.86 bits per heavy atom. The Labute approximate surface area is 213 Å². The fourth-order valence-electron chi connectivity index (χ4n) is 5.39. The van der Waals surface area contributed by atoms with Crippen LogP contribution < -0.4 is 5.32 Å². The first kappa shape index (κ1) is 26.3. The second-order valence-electron chi connectivity index (χ2n) is 9.61. The summed E-state index contributed by atoms with van der Waals surface area (Å²) in [6.45, 7) is 4.62. The summed E-state index contributed by atoms with van der Waals surface area (Å²) in [5, 5.41) is 2.67. The molecule has 4 aliphatic rings. The van der Waals surface area contributed by atoms with Gasteiger partial charge in [0, 0.05) is 36.0 Å². The summed E-state index contributed by atoms with van der Waals surface area (Å²) >= 11 is 1.36. The zero-order chi connectivity index (χ0) is 26.0. The van der Waals surface area contributed by atoms with E-state index in [1.54, 1.807) is 6.92 Å². The van der Waals surface area contributed by atoms with Gasteiger partial charge < -0.3 is 29.2 Å². The van der Waals surface area contributed by atoms with E-state index < -0.39 is 36.9 Å². The Hall–Kier alpha value is -2.76. The second-order valence-corrected chi connectivity index (χ2v) is 11.0. The van der Waals surface area contributed by atoms with Crippen LogP contribution in [0.5, 0.6) is 0 Å². The predicted octanol–water partition coefficient (Wildman–Crippen LogP) is 2.23. The molecule has 198 valence electrons. The molecule has 0 aromatic rings. The van der Waals surface area contributed by atoms with Crippen LogP contribution in [0.4, 0.5) is 4.79 Å². The number of β-lactam (4-membered cyclic amide) rings is 1. The number of carbonyl (C=O) groups is 5. The van der Waals surface area contributed by atoms with E-state index in [1.807, 2.05) is 6.92 Å². The summed E-state index contributed by atoms with van der Waals surface area (Å²) in [6, 6.07) is -0.390. The van der Waals surface area contributed by atoms with Gasteiger partial charge in [-0.2, -0.15) is 0 Å². The van der Waals surface area contributed by atoms with Gasteiger partial charge in [-0.1, -0.05) is 13.3 Å². The normalized spacial score (nSPS) is 28.7. The molecular formula is C24H32N2O9S. The minimum atomic E-state index is -0.901. The smallest absolute Gasteiger partial charge is 0.462 e. The molecule has 0 aromatic heterocycles. The van der Waals surface area contributed by atoms with Crippen molar-refractivity contribution in [1.29, 1.82) is 0 Å². The Bertz CT molecular complexity index is 961. The van der Waals surface area contributed by atoms with Crippen LogP contribution in [0.3, 0.4) is 0 Å². The van der Waals surface area contributed by atoms with Crippen molar-refractivity contribution < 1.29 is 42.9 Å². The summed E-state index contributed by atoms with van der Waals surface area (Å²) in [5.74, 6) is -2.56. The van der Waals surface area contributed by atoms with Crippen molar-refractivity contribution >= 4 is 41.7 Å². The fourth-order valence-corrected chi connectivity index (χ4v) is 6.79. The molecule has 1 aliphatic carbocycles. The molecule has 36 heavy (non-hydrogen) atoms. The third-order valence-corrected chi connectivity index (χ3v) is 8.54. The topological polar surface area (TPSA) is 138 Å². The van der Waals surface area contributed by atoms with Gasteiger partial charge in [0.05, 0.1) is 12.0 Å². The number of rotatable bonds is 8. The maximum absolute atomic E-state index is 13.1. The van der Waals surface area contributed by atoms with Gasteiger partial charge >= 0.3 is 18.1 Å². The number of carbonyl (C=O) groups excluding carboxylic acids is 5. The van der Waals surface area contributed by atoms with Crippen LogP contribution in [0.2, 0.25) is 0 Å². The van der Waals surface area contributed by atoms with Crippen molar-refractivity contribution in [2.45, 2.75) is 82.8 Å². The summed E-state index contributed by atoms with van der Waals surface area (Å²) in [7, 11) is 0. The number of amides is 2. The van der Waals surface area contributed by atoms with Gasteiger partial charge in [0.2, 0.25) is 18.6 Å². The second kappa shape index (κ2) is 11.1. The molecule has 1 N–H and O–H groups in total. The van der Waals surface area contributed by atoms with Crippen molar-refractivity contribution in [2.24, 2.45) is 11.8 Å². The maximum Gasteiger partial charge on any atom is 0.511 e. The van der Waals surface area contributed by atoms with Crippen LogP contribution >= 0.6 is 11.8 Å². The highest BCUT2D eigenvalue weighted by Gasteiger charge is 2.61. The zero-order valence-electron chi connectivity index (χ0n) is 20.7. The highest BCUT2D eigenvalue weighted by atomic mass is 32.2. The van der Waals surface area contributed by atoms with E-state index in [9.17, 15) is 24.0 Å². The number of nitrogens with one attached hydrogen (secondary N) is 1. The lowest BCUT2D eigenvalue weighted by molar-refractivity contribution is -0.173. The first-order valence-electron chi connectivity index (χ1n) is 12.4. The third-order valence-electron chi connectivity index (χ3n) is 7.06. The molecule has 0 spiro atoms. The van der Waals surface area contributed by atoms with Gasteiger partial charge in [-0.05, 0) is 32.6 Å². The number of hydrogen-bond donors (Lipinski definition) is 1. The molecule has 11 nitrogen and oxygen atoms in total. The zero-order valence-corrected chi connectivity index (χ0v) is 21.5. The number of fused-ring (bicyclic) bond motifs is 1. The average molecular weight is 525 g/mol. The first-order chi connectivity index (χ1) is 17.2. The van der Waals surface area contributed by atoms with Gasteiger partial charge in [0.25, 0.3) is 0 Å². The van der Waals surface area contributed by atoms with Crippen LogP contribution in [-0.2, 0) is 38.1 Å². The molecular weight excluding hydrogens is 492 g/mol. The Kier molecular flexibility index (Phi) is 8.11. The lowest BCUT2D eigenvalue weighted by Crippen LogP contribution is -2.64. The number of ether oxygens (including phenoxy) is 4. The van der Waals surface area contributed by atoms with Gasteiger partial charge in [0.15, 0.2) is 0 Å². The van der Waals surface area contributed by atoms with E-state index in [2.05, 4.69) is 5.32 Å². The van der Waals surface area contributed by atoms with Crippen molar-refractivity contribution in [3.05, 3.63) is 10.6 Å². The third kappa shape index (κ3) is 5.47. The molecule has 3 aliphatic heterocycles. The summed E-state index contributed by atoms with van der Waals surface area (Å²) in [4.78, 5) is 63.3. The van der Waals surface area contributed by atoms with Crippen LogP contribution in [-0.4, -0.2) is 71.6 Å². The number of nitrogens with zero attached hydrogens (tertiary/aromatic N) is 1. The molecule has 4 rings (SSSR count). The van der Waals surface area contributed by atoms with Crippen LogP contribution in [0.25, 0.3) is 0 Å². The number of esters is 2. The molecule has 0 radical (unpaired) electrons. The monoisotopic (exact) mass is 524 g/mol. The van der Waals surface area contributed by atoms with Crippen molar-refractivity contribution in [3.63, 3.8) is 0 Å². The molecule has 2 amide bonds. The molecule has 3 heterocycles. The maximum atomic E-state index is 13.1. The van der Waals surface area contributed by atoms with E-state index in [0.717, 1.165) is 32.1 Å². The average Bonchev–Trinajstić information content (AvgIpc) is 3.33. The van der Waals surface area contributed by atoms with Crippen molar-refractivity contribution in [3.8, 4) is 0 Å². The Morgan fingerprint density at radius 3 is 2.50 bits per heavy atom. The highest BCUT2D eigenvalue weighted by Crippen LogP contribution is 2.52.